The molecule has 0 aliphatic rings. The highest BCUT2D eigenvalue weighted by molar-refractivity contribution is 5.74. The Labute approximate surface area is 129 Å². The number of hydrogen-bond donors (Lipinski definition) is 3. The quantitative estimate of drug-likeness (QED) is 0.723. The minimum atomic E-state index is -1.21. The molecule has 0 aromatic heterocycles. The Morgan fingerprint density at radius 3 is 2.27 bits per heavy atom. The highest BCUT2D eigenvalue weighted by Crippen LogP contribution is 2.22. The third kappa shape index (κ3) is 4.58. The van der Waals surface area contributed by atoms with Crippen molar-refractivity contribution in [3.05, 3.63) is 65.7 Å². The summed E-state index contributed by atoms with van der Waals surface area (Å²) in [6, 6.07) is 16.5. The van der Waals surface area contributed by atoms with Gasteiger partial charge in [-0.1, -0.05) is 42.5 Å². The van der Waals surface area contributed by atoms with Gasteiger partial charge in [-0.3, -0.25) is 4.79 Å². The van der Waals surface area contributed by atoms with Gasteiger partial charge in [0, 0.05) is 0 Å². The first-order valence-electron chi connectivity index (χ1n) is 6.97. The maximum Gasteiger partial charge on any atom is 0.220 e. The van der Waals surface area contributed by atoms with Crippen LogP contribution < -0.4 is 10.5 Å². The lowest BCUT2D eigenvalue weighted by atomic mass is 10.0. The molecule has 1 amide bonds. The van der Waals surface area contributed by atoms with E-state index in [-0.39, 0.29) is 6.42 Å². The van der Waals surface area contributed by atoms with Crippen LogP contribution in [0.5, 0.6) is 5.75 Å². The predicted molar refractivity (Wildman–Crippen MR) is 82.0 cm³/mol. The maximum absolute atomic E-state index is 10.8. The van der Waals surface area contributed by atoms with Crippen molar-refractivity contribution in [1.82, 2.24) is 0 Å². The SMILES string of the molecule is NC(=O)CC(O)C(O)c1ccc(OCc2ccccc2)cc1. The summed E-state index contributed by atoms with van der Waals surface area (Å²) in [5.74, 6) is -0.00133. The van der Waals surface area contributed by atoms with E-state index in [1.807, 2.05) is 30.3 Å². The second-order valence-corrected chi connectivity index (χ2v) is 5.03. The molecule has 0 fully saturated rings. The van der Waals surface area contributed by atoms with Crippen LogP contribution in [0.25, 0.3) is 0 Å². The molecular weight excluding hydrogens is 282 g/mol. The van der Waals surface area contributed by atoms with Gasteiger partial charge >= 0.3 is 0 Å². The van der Waals surface area contributed by atoms with Gasteiger partial charge < -0.3 is 20.7 Å². The van der Waals surface area contributed by atoms with Crippen LogP contribution in [0, 0.1) is 0 Å². The van der Waals surface area contributed by atoms with Crippen molar-refractivity contribution < 1.29 is 19.7 Å². The molecule has 2 aromatic carbocycles. The summed E-state index contributed by atoms with van der Waals surface area (Å²) in [7, 11) is 0. The van der Waals surface area contributed by atoms with Gasteiger partial charge in [0.2, 0.25) is 5.91 Å². The molecule has 2 aromatic rings. The van der Waals surface area contributed by atoms with E-state index in [1.165, 1.54) is 0 Å². The molecule has 0 aliphatic carbocycles. The molecule has 116 valence electrons. The summed E-state index contributed by atoms with van der Waals surface area (Å²) in [6.45, 7) is 0.451. The Balaban J connectivity index is 1.93. The summed E-state index contributed by atoms with van der Waals surface area (Å²) in [6.07, 6.45) is -2.66. The first kappa shape index (κ1) is 16.0. The van der Waals surface area contributed by atoms with E-state index in [9.17, 15) is 15.0 Å². The van der Waals surface area contributed by atoms with Crippen molar-refractivity contribution in [2.24, 2.45) is 5.73 Å². The summed E-state index contributed by atoms with van der Waals surface area (Å²) < 4.78 is 5.63. The van der Waals surface area contributed by atoms with Gasteiger partial charge in [-0.25, -0.2) is 0 Å². The van der Waals surface area contributed by atoms with Gasteiger partial charge in [0.1, 0.15) is 18.5 Å². The van der Waals surface area contributed by atoms with Crippen molar-refractivity contribution in [1.29, 1.82) is 0 Å². The number of aliphatic hydroxyl groups is 2. The lowest BCUT2D eigenvalue weighted by molar-refractivity contribution is -0.121. The molecule has 2 atom stereocenters. The van der Waals surface area contributed by atoms with Gasteiger partial charge in [-0.05, 0) is 23.3 Å². The minimum absolute atomic E-state index is 0.284. The molecule has 2 unspecified atom stereocenters. The van der Waals surface area contributed by atoms with E-state index in [0.717, 1.165) is 5.56 Å². The molecule has 5 nitrogen and oxygen atoms in total. The normalized spacial score (nSPS) is 13.4. The largest absolute Gasteiger partial charge is 0.489 e. The van der Waals surface area contributed by atoms with Crippen LogP contribution >= 0.6 is 0 Å². The fraction of sp³-hybridized carbons (Fsp3) is 0.235. The first-order valence-corrected chi connectivity index (χ1v) is 6.97. The molecule has 4 N–H and O–H groups in total. The van der Waals surface area contributed by atoms with Crippen LogP contribution in [-0.2, 0) is 11.4 Å². The molecule has 0 aliphatic heterocycles. The lowest BCUT2D eigenvalue weighted by Gasteiger charge is -2.17. The maximum atomic E-state index is 10.8. The number of nitrogens with two attached hydrogens (primary N) is 1. The Morgan fingerprint density at radius 2 is 1.68 bits per heavy atom. The second-order valence-electron chi connectivity index (χ2n) is 5.03. The van der Waals surface area contributed by atoms with Crippen LogP contribution in [-0.4, -0.2) is 22.2 Å². The number of carbonyl (C=O) groups is 1. The molecule has 0 bridgehead atoms. The average molecular weight is 301 g/mol. The second kappa shape index (κ2) is 7.59. The van der Waals surface area contributed by atoms with Crippen LogP contribution in [0.4, 0.5) is 0 Å². The molecule has 5 heteroatoms. The fourth-order valence-corrected chi connectivity index (χ4v) is 2.04. The van der Waals surface area contributed by atoms with Crippen molar-refractivity contribution in [2.45, 2.75) is 25.2 Å². The standard InChI is InChI=1S/C17H19NO4/c18-16(20)10-15(19)17(21)13-6-8-14(9-7-13)22-11-12-4-2-1-3-5-12/h1-9,15,17,19,21H,10-11H2,(H2,18,20). The Morgan fingerprint density at radius 1 is 1.05 bits per heavy atom. The van der Waals surface area contributed by atoms with Gasteiger partial charge in [0.15, 0.2) is 0 Å². The first-order chi connectivity index (χ1) is 10.6. The van der Waals surface area contributed by atoms with E-state index < -0.39 is 18.1 Å². The zero-order valence-electron chi connectivity index (χ0n) is 12.1. The number of primary amides is 1. The van der Waals surface area contributed by atoms with Crippen molar-refractivity contribution in [3.8, 4) is 5.75 Å². The molecular formula is C17H19NO4. The Bertz CT molecular complexity index is 598. The molecule has 2 rings (SSSR count). The smallest absolute Gasteiger partial charge is 0.220 e. The van der Waals surface area contributed by atoms with E-state index in [0.29, 0.717) is 17.9 Å². The number of aliphatic hydroxyl groups excluding tert-OH is 2. The third-order valence-corrected chi connectivity index (χ3v) is 3.24. The summed E-state index contributed by atoms with van der Waals surface area (Å²) in [4.78, 5) is 10.8. The molecule has 0 radical (unpaired) electrons. The number of benzene rings is 2. The van der Waals surface area contributed by atoms with E-state index in [4.69, 9.17) is 10.5 Å². The number of carbonyl (C=O) groups excluding carboxylic acids is 1. The van der Waals surface area contributed by atoms with Crippen LogP contribution in [0.1, 0.15) is 23.7 Å². The third-order valence-electron chi connectivity index (χ3n) is 3.24. The highest BCUT2D eigenvalue weighted by Gasteiger charge is 2.20. The molecule has 0 heterocycles. The topological polar surface area (TPSA) is 92.8 Å². The highest BCUT2D eigenvalue weighted by atomic mass is 16.5. The van der Waals surface area contributed by atoms with Gasteiger partial charge in [0.25, 0.3) is 0 Å². The van der Waals surface area contributed by atoms with Crippen molar-refractivity contribution in [2.75, 3.05) is 0 Å². The number of hydrogen-bond acceptors (Lipinski definition) is 4. The average Bonchev–Trinajstić information content (AvgIpc) is 2.53. The van der Waals surface area contributed by atoms with E-state index in [2.05, 4.69) is 0 Å². The van der Waals surface area contributed by atoms with E-state index >= 15 is 0 Å². The van der Waals surface area contributed by atoms with Crippen LogP contribution in [0.3, 0.4) is 0 Å². The minimum Gasteiger partial charge on any atom is -0.489 e. The number of ether oxygens (including phenoxy) is 1. The van der Waals surface area contributed by atoms with Crippen molar-refractivity contribution in [3.63, 3.8) is 0 Å². The van der Waals surface area contributed by atoms with Crippen LogP contribution in [0.15, 0.2) is 54.6 Å². The zero-order valence-corrected chi connectivity index (χ0v) is 12.1. The van der Waals surface area contributed by atoms with Crippen LogP contribution in [0.2, 0.25) is 0 Å². The van der Waals surface area contributed by atoms with E-state index in [1.54, 1.807) is 24.3 Å². The monoisotopic (exact) mass is 301 g/mol. The molecule has 22 heavy (non-hydrogen) atoms. The lowest BCUT2D eigenvalue weighted by Crippen LogP contribution is -2.25. The number of rotatable bonds is 7. The molecule has 0 saturated heterocycles. The molecule has 0 spiro atoms. The fourth-order valence-electron chi connectivity index (χ4n) is 2.04. The Kier molecular flexibility index (Phi) is 5.52. The molecule has 0 saturated carbocycles. The van der Waals surface area contributed by atoms with Gasteiger partial charge in [-0.15, -0.1) is 0 Å². The predicted octanol–water partition coefficient (Wildman–Crippen LogP) is 1.54. The number of amides is 1. The zero-order chi connectivity index (χ0) is 15.9. The summed E-state index contributed by atoms with van der Waals surface area (Å²) in [5, 5.41) is 19.6. The van der Waals surface area contributed by atoms with Gasteiger partial charge in [-0.2, -0.15) is 0 Å². The van der Waals surface area contributed by atoms with Crippen molar-refractivity contribution >= 4 is 5.91 Å². The summed E-state index contributed by atoms with van der Waals surface area (Å²) in [5.41, 5.74) is 6.56. The summed E-state index contributed by atoms with van der Waals surface area (Å²) >= 11 is 0. The van der Waals surface area contributed by atoms with Gasteiger partial charge in [0.05, 0.1) is 12.5 Å². The Hall–Kier alpha value is -2.37.